The predicted octanol–water partition coefficient (Wildman–Crippen LogP) is 0.294. The first-order valence-electron chi connectivity index (χ1n) is 6.83. The van der Waals surface area contributed by atoms with Gasteiger partial charge in [-0.05, 0) is 18.1 Å². The standard InChI is InChI=1S/C15H20N2O4/c1-15(9-21-8-12(15)16)14(20)17-7-11-5-3-2-4-10(11)6-13(18)19/h2-5,12H,6-9,16H2,1H3,(H,17,20)(H,18,19). The number of amides is 1. The fourth-order valence-electron chi connectivity index (χ4n) is 2.37. The predicted molar refractivity (Wildman–Crippen MR) is 76.5 cm³/mol. The molecule has 2 atom stereocenters. The van der Waals surface area contributed by atoms with Crippen molar-refractivity contribution in [2.75, 3.05) is 13.2 Å². The van der Waals surface area contributed by atoms with Gasteiger partial charge in [0.2, 0.25) is 5.91 Å². The zero-order chi connectivity index (χ0) is 15.5. The van der Waals surface area contributed by atoms with Crippen LogP contribution in [0.1, 0.15) is 18.1 Å². The van der Waals surface area contributed by atoms with Gasteiger partial charge in [-0.15, -0.1) is 0 Å². The van der Waals surface area contributed by atoms with Gasteiger partial charge in [-0.25, -0.2) is 0 Å². The summed E-state index contributed by atoms with van der Waals surface area (Å²) < 4.78 is 5.26. The van der Waals surface area contributed by atoms with Crippen LogP contribution in [0.5, 0.6) is 0 Å². The smallest absolute Gasteiger partial charge is 0.307 e. The molecule has 1 fully saturated rings. The highest BCUT2D eigenvalue weighted by Gasteiger charge is 2.44. The average Bonchev–Trinajstić information content (AvgIpc) is 2.78. The second-order valence-corrected chi connectivity index (χ2v) is 5.56. The maximum Gasteiger partial charge on any atom is 0.307 e. The summed E-state index contributed by atoms with van der Waals surface area (Å²) in [5, 5.41) is 11.7. The Morgan fingerprint density at radius 1 is 1.43 bits per heavy atom. The molecule has 1 aliphatic rings. The van der Waals surface area contributed by atoms with Crippen molar-refractivity contribution in [1.82, 2.24) is 5.32 Å². The van der Waals surface area contributed by atoms with Crippen molar-refractivity contribution in [1.29, 1.82) is 0 Å². The van der Waals surface area contributed by atoms with Crippen molar-refractivity contribution in [3.05, 3.63) is 35.4 Å². The van der Waals surface area contributed by atoms with E-state index in [1.54, 1.807) is 19.1 Å². The molecule has 0 spiro atoms. The third-order valence-electron chi connectivity index (χ3n) is 3.94. The van der Waals surface area contributed by atoms with Gasteiger partial charge in [0.15, 0.2) is 0 Å². The minimum Gasteiger partial charge on any atom is -0.481 e. The van der Waals surface area contributed by atoms with Gasteiger partial charge in [0.1, 0.15) is 0 Å². The van der Waals surface area contributed by atoms with Crippen LogP contribution < -0.4 is 11.1 Å². The van der Waals surface area contributed by atoms with Crippen molar-refractivity contribution < 1.29 is 19.4 Å². The lowest BCUT2D eigenvalue weighted by Gasteiger charge is -2.25. The van der Waals surface area contributed by atoms with Crippen molar-refractivity contribution >= 4 is 11.9 Å². The Balaban J connectivity index is 2.03. The van der Waals surface area contributed by atoms with Gasteiger partial charge in [0.25, 0.3) is 0 Å². The van der Waals surface area contributed by atoms with Gasteiger partial charge in [-0.3, -0.25) is 9.59 Å². The SMILES string of the molecule is CC1(C(=O)NCc2ccccc2CC(=O)O)COCC1N. The van der Waals surface area contributed by atoms with Crippen LogP contribution in [-0.2, 0) is 27.3 Å². The van der Waals surface area contributed by atoms with Crippen LogP contribution in [0, 0.1) is 5.41 Å². The summed E-state index contributed by atoms with van der Waals surface area (Å²) in [6, 6.07) is 6.84. The molecule has 2 unspecified atom stereocenters. The molecular weight excluding hydrogens is 272 g/mol. The van der Waals surface area contributed by atoms with Crippen LogP contribution in [0.15, 0.2) is 24.3 Å². The minimum absolute atomic E-state index is 0.0636. The zero-order valence-corrected chi connectivity index (χ0v) is 12.0. The third kappa shape index (κ3) is 3.40. The fourth-order valence-corrected chi connectivity index (χ4v) is 2.37. The second-order valence-electron chi connectivity index (χ2n) is 5.56. The molecule has 0 radical (unpaired) electrons. The number of nitrogens with two attached hydrogens (primary N) is 1. The number of carbonyl (C=O) groups is 2. The van der Waals surface area contributed by atoms with Crippen LogP contribution in [0.25, 0.3) is 0 Å². The third-order valence-corrected chi connectivity index (χ3v) is 3.94. The topological polar surface area (TPSA) is 102 Å². The minimum atomic E-state index is -0.896. The Morgan fingerprint density at radius 3 is 2.67 bits per heavy atom. The summed E-state index contributed by atoms with van der Waals surface area (Å²) in [5.41, 5.74) is 6.67. The number of carbonyl (C=O) groups excluding carboxylic acids is 1. The normalized spacial score (nSPS) is 24.8. The van der Waals surface area contributed by atoms with E-state index in [4.69, 9.17) is 15.6 Å². The van der Waals surface area contributed by atoms with Crippen LogP contribution in [0.4, 0.5) is 0 Å². The number of rotatable bonds is 5. The van der Waals surface area contributed by atoms with Crippen molar-refractivity contribution in [2.45, 2.75) is 25.9 Å². The summed E-state index contributed by atoms with van der Waals surface area (Å²) >= 11 is 0. The first-order valence-corrected chi connectivity index (χ1v) is 6.83. The summed E-state index contributed by atoms with van der Waals surface area (Å²) in [6.07, 6.45) is -0.0636. The Hall–Kier alpha value is -1.92. The summed E-state index contributed by atoms with van der Waals surface area (Å²) in [5.74, 6) is -1.07. The number of hydrogen-bond acceptors (Lipinski definition) is 4. The molecule has 21 heavy (non-hydrogen) atoms. The molecule has 6 heteroatoms. The molecule has 1 saturated heterocycles. The van der Waals surface area contributed by atoms with Gasteiger partial charge in [0.05, 0.1) is 25.0 Å². The second kappa shape index (κ2) is 6.24. The molecule has 1 aromatic carbocycles. The Morgan fingerprint density at radius 2 is 2.10 bits per heavy atom. The van der Waals surface area contributed by atoms with E-state index < -0.39 is 11.4 Å². The Bertz CT molecular complexity index is 546. The van der Waals surface area contributed by atoms with E-state index in [2.05, 4.69) is 5.32 Å². The molecule has 2 rings (SSSR count). The number of benzene rings is 1. The fraction of sp³-hybridized carbons (Fsp3) is 0.467. The van der Waals surface area contributed by atoms with Crippen LogP contribution in [0.3, 0.4) is 0 Å². The molecule has 1 heterocycles. The molecule has 1 aromatic rings. The summed E-state index contributed by atoms with van der Waals surface area (Å²) in [4.78, 5) is 23.1. The molecule has 114 valence electrons. The van der Waals surface area contributed by atoms with Gasteiger partial charge in [-0.1, -0.05) is 24.3 Å². The lowest BCUT2D eigenvalue weighted by Crippen LogP contribution is -2.49. The Kier molecular flexibility index (Phi) is 4.59. The molecule has 1 aliphatic heterocycles. The first-order chi connectivity index (χ1) is 9.93. The molecule has 0 bridgehead atoms. The molecule has 4 N–H and O–H groups in total. The number of carboxylic acids is 1. The van der Waals surface area contributed by atoms with E-state index in [0.29, 0.717) is 18.8 Å². The maximum atomic E-state index is 12.3. The number of nitrogens with one attached hydrogen (secondary N) is 1. The molecule has 1 amide bonds. The summed E-state index contributed by atoms with van der Waals surface area (Å²) in [7, 11) is 0. The monoisotopic (exact) mass is 292 g/mol. The number of aliphatic carboxylic acids is 1. The van der Waals surface area contributed by atoms with Gasteiger partial charge >= 0.3 is 5.97 Å². The molecule has 6 nitrogen and oxygen atoms in total. The zero-order valence-electron chi connectivity index (χ0n) is 12.0. The lowest BCUT2D eigenvalue weighted by molar-refractivity contribution is -0.136. The first kappa shape index (κ1) is 15.5. The molecular formula is C15H20N2O4. The van der Waals surface area contributed by atoms with E-state index in [0.717, 1.165) is 5.56 Å². The lowest BCUT2D eigenvalue weighted by atomic mass is 9.85. The van der Waals surface area contributed by atoms with Crippen molar-refractivity contribution in [3.63, 3.8) is 0 Å². The van der Waals surface area contributed by atoms with Crippen LogP contribution in [0.2, 0.25) is 0 Å². The van der Waals surface area contributed by atoms with E-state index in [9.17, 15) is 9.59 Å². The average molecular weight is 292 g/mol. The van der Waals surface area contributed by atoms with Gasteiger partial charge in [0, 0.05) is 12.6 Å². The van der Waals surface area contributed by atoms with Crippen molar-refractivity contribution in [3.8, 4) is 0 Å². The van der Waals surface area contributed by atoms with Crippen LogP contribution >= 0.6 is 0 Å². The largest absolute Gasteiger partial charge is 0.481 e. The van der Waals surface area contributed by atoms with Gasteiger partial charge in [-0.2, -0.15) is 0 Å². The van der Waals surface area contributed by atoms with E-state index in [1.165, 1.54) is 0 Å². The van der Waals surface area contributed by atoms with Gasteiger partial charge < -0.3 is 20.9 Å². The van der Waals surface area contributed by atoms with Crippen molar-refractivity contribution in [2.24, 2.45) is 11.1 Å². The van der Waals surface area contributed by atoms with E-state index >= 15 is 0 Å². The Labute approximate surface area is 123 Å². The molecule has 0 aliphatic carbocycles. The number of hydrogen-bond donors (Lipinski definition) is 3. The molecule has 0 aromatic heterocycles. The van der Waals surface area contributed by atoms with E-state index in [-0.39, 0.29) is 24.9 Å². The molecule has 0 saturated carbocycles. The summed E-state index contributed by atoms with van der Waals surface area (Å²) in [6.45, 7) is 2.74. The highest BCUT2D eigenvalue weighted by molar-refractivity contribution is 5.83. The number of carboxylic acid groups (broad SMARTS) is 1. The van der Waals surface area contributed by atoms with Crippen LogP contribution in [-0.4, -0.2) is 36.2 Å². The highest BCUT2D eigenvalue weighted by atomic mass is 16.5. The number of ether oxygens (including phenoxy) is 1. The highest BCUT2D eigenvalue weighted by Crippen LogP contribution is 2.27. The van der Waals surface area contributed by atoms with E-state index in [1.807, 2.05) is 12.1 Å². The maximum absolute atomic E-state index is 12.3. The quantitative estimate of drug-likeness (QED) is 0.724.